The number of carbonyl (C=O) groups excluding carboxylic acids is 2. The van der Waals surface area contributed by atoms with Crippen LogP contribution in [0.5, 0.6) is 0 Å². The minimum Gasteiger partial charge on any atom is -0.354 e. The molecule has 18 heavy (non-hydrogen) atoms. The molecule has 0 aliphatic rings. The highest BCUT2D eigenvalue weighted by molar-refractivity contribution is 6.30. The SMILES string of the molecule is CCCC(=O)NCCNC(=O)c1ccc(Cl)cc1. The molecule has 5 heteroatoms. The van der Waals surface area contributed by atoms with Crippen LogP contribution >= 0.6 is 11.6 Å². The van der Waals surface area contributed by atoms with Crippen molar-refractivity contribution < 1.29 is 9.59 Å². The van der Waals surface area contributed by atoms with Crippen molar-refractivity contribution in [3.63, 3.8) is 0 Å². The molecule has 1 rings (SSSR count). The predicted octanol–water partition coefficient (Wildman–Crippen LogP) is 1.99. The maximum atomic E-state index is 11.7. The van der Waals surface area contributed by atoms with E-state index in [1.54, 1.807) is 24.3 Å². The van der Waals surface area contributed by atoms with Crippen molar-refractivity contribution in [2.45, 2.75) is 19.8 Å². The summed E-state index contributed by atoms with van der Waals surface area (Å²) in [6, 6.07) is 6.65. The molecule has 0 fully saturated rings. The Bertz CT molecular complexity index is 404. The van der Waals surface area contributed by atoms with Gasteiger partial charge >= 0.3 is 0 Å². The lowest BCUT2D eigenvalue weighted by molar-refractivity contribution is -0.121. The smallest absolute Gasteiger partial charge is 0.251 e. The molecule has 0 saturated heterocycles. The fourth-order valence-corrected chi connectivity index (χ4v) is 1.52. The van der Waals surface area contributed by atoms with E-state index in [0.29, 0.717) is 30.1 Å². The van der Waals surface area contributed by atoms with Gasteiger partial charge in [0.25, 0.3) is 5.91 Å². The maximum Gasteiger partial charge on any atom is 0.251 e. The molecule has 1 aromatic carbocycles. The van der Waals surface area contributed by atoms with Gasteiger partial charge < -0.3 is 10.6 Å². The zero-order valence-electron chi connectivity index (χ0n) is 10.3. The van der Waals surface area contributed by atoms with Gasteiger partial charge in [-0.3, -0.25) is 9.59 Å². The number of hydrogen-bond donors (Lipinski definition) is 2. The van der Waals surface area contributed by atoms with E-state index in [9.17, 15) is 9.59 Å². The number of benzene rings is 1. The van der Waals surface area contributed by atoms with Crippen LogP contribution in [0.4, 0.5) is 0 Å². The lowest BCUT2D eigenvalue weighted by Crippen LogP contribution is -2.34. The molecule has 4 nitrogen and oxygen atoms in total. The van der Waals surface area contributed by atoms with E-state index in [4.69, 9.17) is 11.6 Å². The number of halogens is 1. The Morgan fingerprint density at radius 1 is 1.11 bits per heavy atom. The molecule has 0 atom stereocenters. The lowest BCUT2D eigenvalue weighted by atomic mass is 10.2. The molecule has 0 saturated carbocycles. The Kier molecular flexibility index (Phi) is 6.22. The summed E-state index contributed by atoms with van der Waals surface area (Å²) in [5, 5.41) is 6.04. The summed E-state index contributed by atoms with van der Waals surface area (Å²) in [6.07, 6.45) is 1.34. The highest BCUT2D eigenvalue weighted by Crippen LogP contribution is 2.08. The van der Waals surface area contributed by atoms with Crippen molar-refractivity contribution in [1.29, 1.82) is 0 Å². The number of carbonyl (C=O) groups is 2. The first-order valence-corrected chi connectivity index (χ1v) is 6.31. The average molecular weight is 269 g/mol. The summed E-state index contributed by atoms with van der Waals surface area (Å²) in [4.78, 5) is 22.8. The summed E-state index contributed by atoms with van der Waals surface area (Å²) >= 11 is 5.73. The molecule has 0 heterocycles. The van der Waals surface area contributed by atoms with E-state index in [1.165, 1.54) is 0 Å². The van der Waals surface area contributed by atoms with Gasteiger partial charge in [0.15, 0.2) is 0 Å². The van der Waals surface area contributed by atoms with Gasteiger partial charge in [-0.2, -0.15) is 0 Å². The van der Waals surface area contributed by atoms with Gasteiger partial charge in [0, 0.05) is 30.1 Å². The van der Waals surface area contributed by atoms with E-state index < -0.39 is 0 Å². The van der Waals surface area contributed by atoms with Gasteiger partial charge in [-0.15, -0.1) is 0 Å². The lowest BCUT2D eigenvalue weighted by Gasteiger charge is -2.06. The molecule has 0 radical (unpaired) electrons. The first kappa shape index (κ1) is 14.5. The number of amides is 2. The second kappa shape index (κ2) is 7.71. The van der Waals surface area contributed by atoms with E-state index in [2.05, 4.69) is 10.6 Å². The molecule has 0 bridgehead atoms. The molecular weight excluding hydrogens is 252 g/mol. The summed E-state index contributed by atoms with van der Waals surface area (Å²) in [5.74, 6) is -0.158. The molecule has 0 aromatic heterocycles. The maximum absolute atomic E-state index is 11.7. The third kappa shape index (κ3) is 5.19. The Morgan fingerprint density at radius 2 is 1.72 bits per heavy atom. The van der Waals surface area contributed by atoms with Crippen LogP contribution in [-0.2, 0) is 4.79 Å². The summed E-state index contributed by atoms with van der Waals surface area (Å²) in [5.41, 5.74) is 0.555. The zero-order chi connectivity index (χ0) is 13.4. The molecule has 0 unspecified atom stereocenters. The third-order valence-corrected chi connectivity index (χ3v) is 2.57. The Balaban J connectivity index is 2.25. The fraction of sp³-hybridized carbons (Fsp3) is 0.385. The van der Waals surface area contributed by atoms with Crippen LogP contribution in [0.15, 0.2) is 24.3 Å². The number of rotatable bonds is 6. The van der Waals surface area contributed by atoms with Crippen LogP contribution in [0.1, 0.15) is 30.1 Å². The van der Waals surface area contributed by atoms with Crippen LogP contribution < -0.4 is 10.6 Å². The normalized spacial score (nSPS) is 9.89. The molecular formula is C13H17ClN2O2. The van der Waals surface area contributed by atoms with E-state index in [-0.39, 0.29) is 11.8 Å². The second-order valence-electron chi connectivity index (χ2n) is 3.86. The second-order valence-corrected chi connectivity index (χ2v) is 4.30. The molecule has 0 aliphatic carbocycles. The summed E-state index contributed by atoms with van der Waals surface area (Å²) in [6.45, 7) is 2.80. The standard InChI is InChI=1S/C13H17ClN2O2/c1-2-3-12(17)15-8-9-16-13(18)10-4-6-11(14)7-5-10/h4-7H,2-3,8-9H2,1H3,(H,15,17)(H,16,18). The highest BCUT2D eigenvalue weighted by Gasteiger charge is 2.04. The number of hydrogen-bond acceptors (Lipinski definition) is 2. The number of nitrogens with one attached hydrogen (secondary N) is 2. The topological polar surface area (TPSA) is 58.2 Å². The van der Waals surface area contributed by atoms with Crippen molar-refractivity contribution in [2.75, 3.05) is 13.1 Å². The summed E-state index contributed by atoms with van der Waals surface area (Å²) < 4.78 is 0. The molecule has 0 spiro atoms. The van der Waals surface area contributed by atoms with Crippen molar-refractivity contribution in [3.8, 4) is 0 Å². The molecule has 0 aliphatic heterocycles. The van der Waals surface area contributed by atoms with Crippen molar-refractivity contribution in [1.82, 2.24) is 10.6 Å². The van der Waals surface area contributed by atoms with Crippen LogP contribution in [0.3, 0.4) is 0 Å². The predicted molar refractivity (Wildman–Crippen MR) is 71.7 cm³/mol. The first-order chi connectivity index (χ1) is 8.63. The average Bonchev–Trinajstić information content (AvgIpc) is 2.35. The zero-order valence-corrected chi connectivity index (χ0v) is 11.1. The van der Waals surface area contributed by atoms with E-state index in [0.717, 1.165) is 6.42 Å². The molecule has 2 amide bonds. The van der Waals surface area contributed by atoms with Crippen molar-refractivity contribution >= 4 is 23.4 Å². The van der Waals surface area contributed by atoms with Crippen molar-refractivity contribution in [3.05, 3.63) is 34.9 Å². The van der Waals surface area contributed by atoms with Crippen LogP contribution in [-0.4, -0.2) is 24.9 Å². The molecule has 1 aromatic rings. The highest BCUT2D eigenvalue weighted by atomic mass is 35.5. The molecule has 2 N–H and O–H groups in total. The van der Waals surface area contributed by atoms with Gasteiger partial charge in [-0.05, 0) is 30.7 Å². The quantitative estimate of drug-likeness (QED) is 0.775. The van der Waals surface area contributed by atoms with E-state index in [1.807, 2.05) is 6.92 Å². The largest absolute Gasteiger partial charge is 0.354 e. The van der Waals surface area contributed by atoms with Crippen molar-refractivity contribution in [2.24, 2.45) is 0 Å². The Labute approximate surface area is 112 Å². The van der Waals surface area contributed by atoms with E-state index >= 15 is 0 Å². The monoisotopic (exact) mass is 268 g/mol. The van der Waals surface area contributed by atoms with Gasteiger partial charge in [-0.25, -0.2) is 0 Å². The fourth-order valence-electron chi connectivity index (χ4n) is 1.40. The van der Waals surface area contributed by atoms with Gasteiger partial charge in [0.05, 0.1) is 0 Å². The van der Waals surface area contributed by atoms with Gasteiger partial charge in [0.2, 0.25) is 5.91 Å². The minimum atomic E-state index is -0.170. The van der Waals surface area contributed by atoms with Gasteiger partial charge in [-0.1, -0.05) is 18.5 Å². The van der Waals surface area contributed by atoms with Crippen LogP contribution in [0.25, 0.3) is 0 Å². The Morgan fingerprint density at radius 3 is 2.33 bits per heavy atom. The third-order valence-electron chi connectivity index (χ3n) is 2.32. The van der Waals surface area contributed by atoms with Crippen LogP contribution in [0.2, 0.25) is 5.02 Å². The van der Waals surface area contributed by atoms with Crippen LogP contribution in [0, 0.1) is 0 Å². The van der Waals surface area contributed by atoms with Gasteiger partial charge in [0.1, 0.15) is 0 Å². The Hall–Kier alpha value is -1.55. The summed E-state index contributed by atoms with van der Waals surface area (Å²) in [7, 11) is 0. The minimum absolute atomic E-state index is 0.0123. The molecule has 98 valence electrons. The first-order valence-electron chi connectivity index (χ1n) is 5.94.